The Morgan fingerprint density at radius 2 is 2.35 bits per heavy atom. The molecule has 7 nitrogen and oxygen atoms in total. The number of aromatic amines is 1. The molecule has 1 aliphatic rings. The van der Waals surface area contributed by atoms with E-state index in [4.69, 9.17) is 9.47 Å². The van der Waals surface area contributed by atoms with Crippen LogP contribution in [0.4, 0.5) is 5.69 Å². The van der Waals surface area contributed by atoms with E-state index in [1.165, 1.54) is 6.20 Å². The Kier molecular flexibility index (Phi) is 4.78. The summed E-state index contributed by atoms with van der Waals surface area (Å²) < 4.78 is 10.1. The van der Waals surface area contributed by atoms with Gasteiger partial charge in [-0.25, -0.2) is 9.78 Å². The Bertz CT molecular complexity index is 685. The van der Waals surface area contributed by atoms with Crippen molar-refractivity contribution in [2.45, 2.75) is 31.4 Å². The first-order valence-electron chi connectivity index (χ1n) is 7.75. The van der Waals surface area contributed by atoms with Crippen molar-refractivity contribution < 1.29 is 19.4 Å². The van der Waals surface area contributed by atoms with Gasteiger partial charge >= 0.3 is 5.97 Å². The van der Waals surface area contributed by atoms with E-state index in [1.807, 2.05) is 6.07 Å². The molecule has 1 aliphatic carbocycles. The number of anilines is 1. The standard InChI is InChI=1S/C16H21N3O4/c1-22-6-7-23-16(21)13-9-18-15-12(4-5-17-15)14(13)19-10-2-3-11(20)8-10/h4-5,9-11,20H,2-3,6-8H2,1H3,(H2,17,18,19). The minimum Gasteiger partial charge on any atom is -0.460 e. The summed E-state index contributed by atoms with van der Waals surface area (Å²) in [5.41, 5.74) is 1.81. The van der Waals surface area contributed by atoms with Crippen LogP contribution in [0.3, 0.4) is 0 Å². The van der Waals surface area contributed by atoms with Gasteiger partial charge in [-0.3, -0.25) is 0 Å². The molecule has 2 heterocycles. The molecule has 0 saturated heterocycles. The predicted molar refractivity (Wildman–Crippen MR) is 85.5 cm³/mol. The van der Waals surface area contributed by atoms with Crippen molar-refractivity contribution in [1.29, 1.82) is 0 Å². The van der Waals surface area contributed by atoms with Crippen molar-refractivity contribution in [2.75, 3.05) is 25.6 Å². The number of esters is 1. The quantitative estimate of drug-likeness (QED) is 0.554. The van der Waals surface area contributed by atoms with Gasteiger partial charge in [-0.2, -0.15) is 0 Å². The summed E-state index contributed by atoms with van der Waals surface area (Å²) in [7, 11) is 1.56. The second-order valence-corrected chi connectivity index (χ2v) is 5.72. The summed E-state index contributed by atoms with van der Waals surface area (Å²) in [4.78, 5) is 19.6. The van der Waals surface area contributed by atoms with Crippen LogP contribution in [0.25, 0.3) is 11.0 Å². The van der Waals surface area contributed by atoms with Crippen molar-refractivity contribution >= 4 is 22.7 Å². The highest BCUT2D eigenvalue weighted by Crippen LogP contribution is 2.30. The second-order valence-electron chi connectivity index (χ2n) is 5.72. The van der Waals surface area contributed by atoms with Gasteiger partial charge in [-0.1, -0.05) is 0 Å². The van der Waals surface area contributed by atoms with Gasteiger partial charge < -0.3 is 24.9 Å². The van der Waals surface area contributed by atoms with Crippen LogP contribution in [-0.2, 0) is 9.47 Å². The minimum absolute atomic E-state index is 0.135. The molecule has 7 heteroatoms. The highest BCUT2D eigenvalue weighted by molar-refractivity contribution is 6.04. The number of aliphatic hydroxyl groups excluding tert-OH is 1. The van der Waals surface area contributed by atoms with E-state index in [-0.39, 0.29) is 18.8 Å². The minimum atomic E-state index is -0.432. The number of hydrogen-bond acceptors (Lipinski definition) is 6. The fourth-order valence-electron chi connectivity index (χ4n) is 2.91. The molecule has 0 aliphatic heterocycles. The average molecular weight is 319 g/mol. The third-order valence-corrected chi connectivity index (χ3v) is 4.08. The molecule has 0 spiro atoms. The van der Waals surface area contributed by atoms with Crippen LogP contribution in [-0.4, -0.2) is 53.5 Å². The lowest BCUT2D eigenvalue weighted by atomic mass is 10.1. The maximum absolute atomic E-state index is 12.3. The van der Waals surface area contributed by atoms with Crippen molar-refractivity contribution in [3.05, 3.63) is 24.0 Å². The van der Waals surface area contributed by atoms with E-state index in [2.05, 4.69) is 15.3 Å². The zero-order valence-electron chi connectivity index (χ0n) is 13.0. The molecule has 2 unspecified atom stereocenters. The number of nitrogens with one attached hydrogen (secondary N) is 2. The first-order valence-corrected chi connectivity index (χ1v) is 7.75. The van der Waals surface area contributed by atoms with Crippen molar-refractivity contribution in [1.82, 2.24) is 9.97 Å². The van der Waals surface area contributed by atoms with Crippen molar-refractivity contribution in [3.63, 3.8) is 0 Å². The molecule has 2 aromatic heterocycles. The Labute approximate surface area is 134 Å². The normalized spacial score (nSPS) is 20.8. The maximum atomic E-state index is 12.3. The van der Waals surface area contributed by atoms with E-state index in [1.54, 1.807) is 13.3 Å². The molecule has 0 bridgehead atoms. The number of carbonyl (C=O) groups excluding carboxylic acids is 1. The van der Waals surface area contributed by atoms with Gasteiger partial charge in [0.15, 0.2) is 0 Å². The molecule has 1 saturated carbocycles. The van der Waals surface area contributed by atoms with Crippen LogP contribution >= 0.6 is 0 Å². The predicted octanol–water partition coefficient (Wildman–Crippen LogP) is 1.69. The van der Waals surface area contributed by atoms with Gasteiger partial charge in [-0.15, -0.1) is 0 Å². The van der Waals surface area contributed by atoms with Crippen molar-refractivity contribution in [2.24, 2.45) is 0 Å². The fourth-order valence-corrected chi connectivity index (χ4v) is 2.91. The lowest BCUT2D eigenvalue weighted by Crippen LogP contribution is -2.20. The Balaban J connectivity index is 1.87. The molecular weight excluding hydrogens is 298 g/mol. The smallest absolute Gasteiger partial charge is 0.341 e. The SMILES string of the molecule is COCCOC(=O)c1cnc2[nH]ccc2c1NC1CCC(O)C1. The van der Waals surface area contributed by atoms with Crippen LogP contribution in [0.15, 0.2) is 18.5 Å². The Morgan fingerprint density at radius 1 is 1.48 bits per heavy atom. The third-order valence-electron chi connectivity index (χ3n) is 4.08. The summed E-state index contributed by atoms with van der Waals surface area (Å²) in [6.45, 7) is 0.547. The Morgan fingerprint density at radius 3 is 3.09 bits per heavy atom. The van der Waals surface area contributed by atoms with Crippen LogP contribution in [0.1, 0.15) is 29.6 Å². The van der Waals surface area contributed by atoms with Gasteiger partial charge in [0.25, 0.3) is 0 Å². The van der Waals surface area contributed by atoms with Gasteiger partial charge in [0.1, 0.15) is 17.8 Å². The summed E-state index contributed by atoms with van der Waals surface area (Å²) in [6.07, 6.45) is 5.33. The van der Waals surface area contributed by atoms with Crippen LogP contribution in [0.5, 0.6) is 0 Å². The number of aromatic nitrogens is 2. The molecule has 3 rings (SSSR count). The zero-order valence-corrected chi connectivity index (χ0v) is 13.0. The van der Waals surface area contributed by atoms with E-state index in [0.29, 0.717) is 29.9 Å². The molecule has 0 amide bonds. The molecule has 0 aromatic carbocycles. The lowest BCUT2D eigenvalue weighted by Gasteiger charge is -2.17. The molecule has 23 heavy (non-hydrogen) atoms. The highest BCUT2D eigenvalue weighted by Gasteiger charge is 2.25. The van der Waals surface area contributed by atoms with Gasteiger partial charge in [0.2, 0.25) is 0 Å². The Hall–Kier alpha value is -2.12. The molecule has 3 N–H and O–H groups in total. The van der Waals surface area contributed by atoms with E-state index in [9.17, 15) is 9.90 Å². The number of fused-ring (bicyclic) bond motifs is 1. The molecule has 0 radical (unpaired) electrons. The summed E-state index contributed by atoms with van der Waals surface area (Å²) in [6, 6.07) is 2.01. The maximum Gasteiger partial charge on any atom is 0.341 e. The monoisotopic (exact) mass is 319 g/mol. The first-order chi connectivity index (χ1) is 11.2. The van der Waals surface area contributed by atoms with E-state index >= 15 is 0 Å². The number of rotatable bonds is 6. The van der Waals surface area contributed by atoms with Crippen LogP contribution < -0.4 is 5.32 Å². The number of aliphatic hydroxyl groups is 1. The van der Waals surface area contributed by atoms with Crippen LogP contribution in [0.2, 0.25) is 0 Å². The molecule has 2 atom stereocenters. The van der Waals surface area contributed by atoms with Gasteiger partial charge in [0.05, 0.1) is 18.4 Å². The fraction of sp³-hybridized carbons (Fsp3) is 0.500. The second kappa shape index (κ2) is 6.97. The molecule has 124 valence electrons. The first kappa shape index (κ1) is 15.8. The molecule has 2 aromatic rings. The van der Waals surface area contributed by atoms with Gasteiger partial charge in [-0.05, 0) is 25.3 Å². The summed E-state index contributed by atoms with van der Waals surface area (Å²) in [5.74, 6) is -0.432. The number of hydrogen-bond donors (Lipinski definition) is 3. The topological polar surface area (TPSA) is 96.5 Å². The van der Waals surface area contributed by atoms with Crippen LogP contribution in [0, 0.1) is 0 Å². The highest BCUT2D eigenvalue weighted by atomic mass is 16.6. The number of ether oxygens (including phenoxy) is 2. The van der Waals surface area contributed by atoms with Gasteiger partial charge in [0, 0.05) is 30.9 Å². The number of nitrogens with zero attached hydrogens (tertiary/aromatic N) is 1. The van der Waals surface area contributed by atoms with E-state index < -0.39 is 5.97 Å². The third kappa shape index (κ3) is 3.46. The molecule has 1 fully saturated rings. The van der Waals surface area contributed by atoms with E-state index in [0.717, 1.165) is 18.2 Å². The lowest BCUT2D eigenvalue weighted by molar-refractivity contribution is 0.0389. The molecular formula is C16H21N3O4. The zero-order chi connectivity index (χ0) is 16.2. The number of methoxy groups -OCH3 is 1. The largest absolute Gasteiger partial charge is 0.460 e. The number of pyridine rings is 1. The average Bonchev–Trinajstić information content (AvgIpc) is 3.16. The van der Waals surface area contributed by atoms with Crippen molar-refractivity contribution in [3.8, 4) is 0 Å². The number of H-pyrrole nitrogens is 1. The number of carbonyl (C=O) groups is 1. The summed E-state index contributed by atoms with van der Waals surface area (Å²) in [5, 5.41) is 13.9. The summed E-state index contributed by atoms with van der Waals surface area (Å²) >= 11 is 0.